The molecule has 8 heteroatoms. The molecule has 0 saturated heterocycles. The van der Waals surface area contributed by atoms with Gasteiger partial charge in [0.25, 0.3) is 0 Å². The fraction of sp³-hybridized carbons (Fsp3) is 0.400. The summed E-state index contributed by atoms with van der Waals surface area (Å²) in [6.45, 7) is 9.79. The lowest BCUT2D eigenvalue weighted by atomic mass is 10.1. The van der Waals surface area contributed by atoms with Crippen molar-refractivity contribution in [1.82, 2.24) is 19.9 Å². The van der Waals surface area contributed by atoms with Crippen molar-refractivity contribution in [3.63, 3.8) is 0 Å². The molecule has 0 bridgehead atoms. The van der Waals surface area contributed by atoms with E-state index in [2.05, 4.69) is 39.1 Å². The SMILES string of the molecule is Cc1nc2cc(F)c(-c3cnc(C(C)(C)O)nc3)nc2c(NCC(C)C)c1Cl. The monoisotopic (exact) mass is 403 g/mol. The van der Waals surface area contributed by atoms with E-state index >= 15 is 0 Å². The third-order valence-electron chi connectivity index (χ3n) is 4.18. The Labute approximate surface area is 168 Å². The van der Waals surface area contributed by atoms with Crippen LogP contribution in [0.2, 0.25) is 5.02 Å². The van der Waals surface area contributed by atoms with Gasteiger partial charge < -0.3 is 10.4 Å². The molecule has 3 rings (SSSR count). The zero-order chi connectivity index (χ0) is 20.6. The molecule has 3 heterocycles. The molecule has 3 aromatic rings. The van der Waals surface area contributed by atoms with E-state index in [1.807, 2.05) is 0 Å². The standard InChI is InChI=1S/C20H23ClFN5O/c1-10(2)7-23-18-15(21)11(3)26-14-6-13(22)16(27-17(14)18)12-8-24-19(25-9-12)20(4,5)28/h6,8-10,28H,7H2,1-5H3,(H,23,26). The number of aliphatic hydroxyl groups is 1. The Kier molecular flexibility index (Phi) is 5.50. The highest BCUT2D eigenvalue weighted by atomic mass is 35.5. The first-order chi connectivity index (χ1) is 13.1. The van der Waals surface area contributed by atoms with Crippen molar-refractivity contribution < 1.29 is 9.50 Å². The Morgan fingerprint density at radius 2 is 1.86 bits per heavy atom. The first kappa shape index (κ1) is 20.4. The average Bonchev–Trinajstić information content (AvgIpc) is 2.61. The van der Waals surface area contributed by atoms with E-state index in [-0.39, 0.29) is 11.5 Å². The first-order valence-electron chi connectivity index (χ1n) is 9.03. The van der Waals surface area contributed by atoms with E-state index in [4.69, 9.17) is 11.6 Å². The van der Waals surface area contributed by atoms with Crippen LogP contribution in [0.5, 0.6) is 0 Å². The fourth-order valence-corrected chi connectivity index (χ4v) is 2.90. The maximum atomic E-state index is 14.8. The second-order valence-corrected chi connectivity index (χ2v) is 8.08. The Morgan fingerprint density at radius 3 is 2.43 bits per heavy atom. The van der Waals surface area contributed by atoms with Crippen LogP contribution in [0.1, 0.15) is 39.2 Å². The molecule has 0 radical (unpaired) electrons. The van der Waals surface area contributed by atoms with Gasteiger partial charge in [-0.3, -0.25) is 0 Å². The number of pyridine rings is 2. The lowest BCUT2D eigenvalue weighted by molar-refractivity contribution is 0.0687. The number of aryl methyl sites for hydroxylation is 1. The van der Waals surface area contributed by atoms with E-state index in [1.165, 1.54) is 18.5 Å². The molecular formula is C20H23ClFN5O. The molecule has 28 heavy (non-hydrogen) atoms. The van der Waals surface area contributed by atoms with Gasteiger partial charge in [-0.1, -0.05) is 25.4 Å². The van der Waals surface area contributed by atoms with Gasteiger partial charge in [-0.15, -0.1) is 0 Å². The average molecular weight is 404 g/mol. The lowest BCUT2D eigenvalue weighted by Gasteiger charge is -2.16. The van der Waals surface area contributed by atoms with Gasteiger partial charge in [-0.25, -0.2) is 24.3 Å². The molecular weight excluding hydrogens is 381 g/mol. The molecule has 148 valence electrons. The maximum absolute atomic E-state index is 14.8. The van der Waals surface area contributed by atoms with E-state index in [0.717, 1.165) is 0 Å². The summed E-state index contributed by atoms with van der Waals surface area (Å²) in [4.78, 5) is 17.1. The van der Waals surface area contributed by atoms with Gasteiger partial charge in [0.05, 0.1) is 21.9 Å². The fourth-order valence-electron chi connectivity index (χ4n) is 2.70. The van der Waals surface area contributed by atoms with Crippen molar-refractivity contribution in [2.75, 3.05) is 11.9 Å². The molecule has 0 aliphatic carbocycles. The maximum Gasteiger partial charge on any atom is 0.159 e. The Bertz CT molecular complexity index is 1020. The summed E-state index contributed by atoms with van der Waals surface area (Å²) in [5, 5.41) is 13.8. The minimum atomic E-state index is -1.18. The molecule has 0 aliphatic rings. The second-order valence-electron chi connectivity index (χ2n) is 7.70. The van der Waals surface area contributed by atoms with Crippen molar-refractivity contribution in [3.8, 4) is 11.3 Å². The first-order valence-corrected chi connectivity index (χ1v) is 9.41. The highest BCUT2D eigenvalue weighted by molar-refractivity contribution is 6.35. The van der Waals surface area contributed by atoms with Crippen LogP contribution < -0.4 is 5.32 Å². The smallest absolute Gasteiger partial charge is 0.159 e. The molecule has 2 N–H and O–H groups in total. The molecule has 0 spiro atoms. The van der Waals surface area contributed by atoms with Gasteiger partial charge in [0, 0.05) is 30.6 Å². The molecule has 0 aromatic carbocycles. The summed E-state index contributed by atoms with van der Waals surface area (Å²) in [6.07, 6.45) is 2.89. The summed E-state index contributed by atoms with van der Waals surface area (Å²) >= 11 is 6.45. The number of hydrogen-bond acceptors (Lipinski definition) is 6. The number of halogens is 2. The van der Waals surface area contributed by atoms with Crippen LogP contribution in [-0.4, -0.2) is 31.6 Å². The molecule has 0 aliphatic heterocycles. The topological polar surface area (TPSA) is 83.8 Å². The Hall–Kier alpha value is -2.38. The van der Waals surface area contributed by atoms with Gasteiger partial charge in [-0.05, 0) is 26.7 Å². The Balaban J connectivity index is 2.15. The summed E-state index contributed by atoms with van der Waals surface area (Å²) in [5.74, 6) is 0.107. The predicted molar refractivity (Wildman–Crippen MR) is 109 cm³/mol. The number of anilines is 1. The van der Waals surface area contributed by atoms with Crippen LogP contribution in [0.3, 0.4) is 0 Å². The minimum absolute atomic E-state index is 0.101. The lowest BCUT2D eigenvalue weighted by Crippen LogP contribution is -2.19. The van der Waals surface area contributed by atoms with E-state index in [1.54, 1.807) is 20.8 Å². The summed E-state index contributed by atoms with van der Waals surface area (Å²) in [5.41, 5.74) is 1.46. The van der Waals surface area contributed by atoms with Gasteiger partial charge in [0.15, 0.2) is 11.6 Å². The summed E-state index contributed by atoms with van der Waals surface area (Å²) < 4.78 is 14.8. The summed E-state index contributed by atoms with van der Waals surface area (Å²) in [7, 11) is 0. The van der Waals surface area contributed by atoms with Crippen LogP contribution in [-0.2, 0) is 5.60 Å². The zero-order valence-electron chi connectivity index (χ0n) is 16.5. The molecule has 3 aromatic heterocycles. The largest absolute Gasteiger partial charge is 0.382 e. The third-order valence-corrected chi connectivity index (χ3v) is 4.64. The number of nitrogens with zero attached hydrogens (tertiary/aromatic N) is 4. The molecule has 0 fully saturated rings. The van der Waals surface area contributed by atoms with Crippen molar-refractivity contribution in [2.24, 2.45) is 5.92 Å². The predicted octanol–water partition coefficient (Wildman–Crippen LogP) is 4.48. The van der Waals surface area contributed by atoms with Crippen molar-refractivity contribution in [1.29, 1.82) is 0 Å². The highest BCUT2D eigenvalue weighted by Crippen LogP contribution is 2.34. The van der Waals surface area contributed by atoms with Gasteiger partial charge in [0.2, 0.25) is 0 Å². The molecule has 0 saturated carbocycles. The van der Waals surface area contributed by atoms with Crippen LogP contribution in [0.4, 0.5) is 10.1 Å². The number of aromatic nitrogens is 4. The van der Waals surface area contributed by atoms with Crippen molar-refractivity contribution in [2.45, 2.75) is 40.2 Å². The van der Waals surface area contributed by atoms with E-state index in [9.17, 15) is 9.50 Å². The number of hydrogen-bond donors (Lipinski definition) is 2. The summed E-state index contributed by atoms with van der Waals surface area (Å²) in [6, 6.07) is 1.34. The van der Waals surface area contributed by atoms with Crippen LogP contribution >= 0.6 is 11.6 Å². The van der Waals surface area contributed by atoms with Crippen molar-refractivity contribution in [3.05, 3.63) is 40.8 Å². The third kappa shape index (κ3) is 4.05. The normalized spacial score (nSPS) is 12.0. The van der Waals surface area contributed by atoms with Gasteiger partial charge in [0.1, 0.15) is 16.8 Å². The minimum Gasteiger partial charge on any atom is -0.382 e. The number of nitrogens with one attached hydrogen (secondary N) is 1. The van der Waals surface area contributed by atoms with Crippen molar-refractivity contribution >= 4 is 28.3 Å². The number of rotatable bonds is 5. The molecule has 0 unspecified atom stereocenters. The quantitative estimate of drug-likeness (QED) is 0.653. The molecule has 6 nitrogen and oxygen atoms in total. The van der Waals surface area contributed by atoms with Gasteiger partial charge >= 0.3 is 0 Å². The Morgan fingerprint density at radius 1 is 1.21 bits per heavy atom. The zero-order valence-corrected chi connectivity index (χ0v) is 17.3. The molecule has 0 atom stereocenters. The molecule has 0 amide bonds. The van der Waals surface area contributed by atoms with Crippen LogP contribution in [0.25, 0.3) is 22.3 Å². The van der Waals surface area contributed by atoms with Crippen LogP contribution in [0, 0.1) is 18.7 Å². The van der Waals surface area contributed by atoms with E-state index < -0.39 is 11.4 Å². The van der Waals surface area contributed by atoms with Gasteiger partial charge in [-0.2, -0.15) is 0 Å². The van der Waals surface area contributed by atoms with E-state index in [0.29, 0.717) is 45.5 Å². The second kappa shape index (κ2) is 7.56. The van der Waals surface area contributed by atoms with Crippen LogP contribution in [0.15, 0.2) is 18.5 Å². The highest BCUT2D eigenvalue weighted by Gasteiger charge is 2.21. The number of fused-ring (bicyclic) bond motifs is 1.